The van der Waals surface area contributed by atoms with Crippen LogP contribution in [-0.2, 0) is 4.79 Å². The Labute approximate surface area is 113 Å². The summed E-state index contributed by atoms with van der Waals surface area (Å²) in [5.41, 5.74) is 0. The minimum absolute atomic E-state index is 0.0667. The van der Waals surface area contributed by atoms with Crippen molar-refractivity contribution < 1.29 is 4.79 Å². The second-order valence-corrected chi connectivity index (χ2v) is 6.93. The van der Waals surface area contributed by atoms with Crippen LogP contribution in [0.3, 0.4) is 0 Å². The van der Waals surface area contributed by atoms with Crippen LogP contribution in [0.1, 0.15) is 35.9 Å². The molecule has 2 nitrogen and oxygen atoms in total. The molecule has 1 amide bonds. The number of hydrogen-bond acceptors (Lipinski definition) is 2. The number of carbonyl (C=O) groups is 1. The SMILES string of the molecule is O=C(NC1CCCC1)C(Cl)c1ccc(Br)s1. The van der Waals surface area contributed by atoms with E-state index in [0.29, 0.717) is 6.04 Å². The highest BCUT2D eigenvalue weighted by atomic mass is 79.9. The molecule has 88 valence electrons. The zero-order chi connectivity index (χ0) is 11.5. The van der Waals surface area contributed by atoms with E-state index in [2.05, 4.69) is 21.2 Å². The number of amides is 1. The first-order valence-electron chi connectivity index (χ1n) is 5.36. The summed E-state index contributed by atoms with van der Waals surface area (Å²) < 4.78 is 1.00. The van der Waals surface area contributed by atoms with Gasteiger partial charge in [-0.25, -0.2) is 0 Å². The smallest absolute Gasteiger partial charge is 0.243 e. The minimum Gasteiger partial charge on any atom is -0.352 e. The van der Waals surface area contributed by atoms with Crippen LogP contribution >= 0.6 is 38.9 Å². The summed E-state index contributed by atoms with van der Waals surface area (Å²) in [5.74, 6) is -0.0667. The lowest BCUT2D eigenvalue weighted by Crippen LogP contribution is -2.34. The highest BCUT2D eigenvalue weighted by Gasteiger charge is 2.23. The molecule has 0 bridgehead atoms. The fourth-order valence-corrected chi connectivity index (χ4v) is 3.61. The topological polar surface area (TPSA) is 29.1 Å². The van der Waals surface area contributed by atoms with E-state index in [1.54, 1.807) is 0 Å². The number of hydrogen-bond donors (Lipinski definition) is 1. The van der Waals surface area contributed by atoms with E-state index >= 15 is 0 Å². The van der Waals surface area contributed by atoms with Crippen molar-refractivity contribution in [2.24, 2.45) is 0 Å². The van der Waals surface area contributed by atoms with E-state index in [0.717, 1.165) is 21.5 Å². The van der Waals surface area contributed by atoms with E-state index in [1.165, 1.54) is 24.2 Å². The fourth-order valence-electron chi connectivity index (χ4n) is 1.94. The van der Waals surface area contributed by atoms with Gasteiger partial charge in [0.15, 0.2) is 0 Å². The predicted molar refractivity (Wildman–Crippen MR) is 71.0 cm³/mol. The third-order valence-corrected chi connectivity index (χ3v) is 5.03. The van der Waals surface area contributed by atoms with Crippen molar-refractivity contribution in [3.8, 4) is 0 Å². The first kappa shape index (κ1) is 12.4. The van der Waals surface area contributed by atoms with Gasteiger partial charge in [0.05, 0.1) is 3.79 Å². The van der Waals surface area contributed by atoms with E-state index in [9.17, 15) is 4.79 Å². The molecular weight excluding hydrogens is 310 g/mol. The maximum Gasteiger partial charge on any atom is 0.243 e. The lowest BCUT2D eigenvalue weighted by atomic mass is 10.2. The number of rotatable bonds is 3. The monoisotopic (exact) mass is 321 g/mol. The molecule has 2 rings (SSSR count). The summed E-state index contributed by atoms with van der Waals surface area (Å²) in [6.45, 7) is 0. The van der Waals surface area contributed by atoms with Crippen molar-refractivity contribution in [3.63, 3.8) is 0 Å². The molecule has 1 saturated carbocycles. The van der Waals surface area contributed by atoms with Gasteiger partial charge in [-0.3, -0.25) is 4.79 Å². The van der Waals surface area contributed by atoms with Crippen molar-refractivity contribution in [1.29, 1.82) is 0 Å². The van der Waals surface area contributed by atoms with Crippen molar-refractivity contribution >= 4 is 44.8 Å². The van der Waals surface area contributed by atoms with Crippen molar-refractivity contribution in [1.82, 2.24) is 5.32 Å². The standard InChI is InChI=1S/C11H13BrClNOS/c12-9-6-5-8(16-9)10(13)11(15)14-7-3-1-2-4-7/h5-7,10H,1-4H2,(H,14,15). The Morgan fingerprint density at radius 2 is 2.19 bits per heavy atom. The van der Waals surface area contributed by atoms with Gasteiger partial charge in [-0.05, 0) is 40.9 Å². The Morgan fingerprint density at radius 1 is 1.50 bits per heavy atom. The fraction of sp³-hybridized carbons (Fsp3) is 0.545. The molecule has 1 unspecified atom stereocenters. The van der Waals surface area contributed by atoms with Crippen LogP contribution in [0.25, 0.3) is 0 Å². The number of halogens is 2. The molecule has 1 aromatic heterocycles. The van der Waals surface area contributed by atoms with Gasteiger partial charge in [-0.15, -0.1) is 22.9 Å². The summed E-state index contributed by atoms with van der Waals surface area (Å²) in [6.07, 6.45) is 4.60. The number of thiophene rings is 1. The van der Waals surface area contributed by atoms with E-state index < -0.39 is 5.38 Å². The Morgan fingerprint density at radius 3 is 2.75 bits per heavy atom. The van der Waals surface area contributed by atoms with Gasteiger partial charge in [-0.1, -0.05) is 12.8 Å². The van der Waals surface area contributed by atoms with Crippen LogP contribution in [0.4, 0.5) is 0 Å². The zero-order valence-electron chi connectivity index (χ0n) is 8.71. The Hall–Kier alpha value is -0.0600. The normalized spacial score (nSPS) is 18.6. The van der Waals surface area contributed by atoms with Crippen LogP contribution in [0.2, 0.25) is 0 Å². The largest absolute Gasteiger partial charge is 0.352 e. The first-order chi connectivity index (χ1) is 7.66. The quantitative estimate of drug-likeness (QED) is 0.842. The highest BCUT2D eigenvalue weighted by Crippen LogP contribution is 2.31. The molecule has 1 aliphatic rings. The van der Waals surface area contributed by atoms with Crippen molar-refractivity contribution in [3.05, 3.63) is 20.8 Å². The van der Waals surface area contributed by atoms with Gasteiger partial charge in [0.2, 0.25) is 5.91 Å². The summed E-state index contributed by atoms with van der Waals surface area (Å²) in [7, 11) is 0. The number of alkyl halides is 1. The lowest BCUT2D eigenvalue weighted by molar-refractivity contribution is -0.121. The van der Waals surface area contributed by atoms with Gasteiger partial charge in [-0.2, -0.15) is 0 Å². The second kappa shape index (κ2) is 5.52. The Bertz CT molecular complexity index is 376. The zero-order valence-corrected chi connectivity index (χ0v) is 11.9. The third kappa shape index (κ3) is 2.99. The summed E-state index contributed by atoms with van der Waals surface area (Å²) in [4.78, 5) is 12.7. The van der Waals surface area contributed by atoms with Gasteiger partial charge in [0.1, 0.15) is 5.38 Å². The van der Waals surface area contributed by atoms with Gasteiger partial charge in [0, 0.05) is 10.9 Å². The Kier molecular flexibility index (Phi) is 4.27. The van der Waals surface area contributed by atoms with Crippen molar-refractivity contribution in [2.75, 3.05) is 0 Å². The molecule has 1 aromatic rings. The van der Waals surface area contributed by atoms with Crippen LogP contribution in [-0.4, -0.2) is 11.9 Å². The Balaban J connectivity index is 1.93. The van der Waals surface area contributed by atoms with Crippen LogP contribution in [0.5, 0.6) is 0 Å². The molecule has 0 aliphatic heterocycles. The minimum atomic E-state index is -0.558. The summed E-state index contributed by atoms with van der Waals surface area (Å²) >= 11 is 11.0. The maximum absolute atomic E-state index is 11.9. The molecule has 0 saturated heterocycles. The van der Waals surface area contributed by atoms with Crippen LogP contribution < -0.4 is 5.32 Å². The third-order valence-electron chi connectivity index (χ3n) is 2.78. The predicted octanol–water partition coefficient (Wildman–Crippen LogP) is 3.85. The molecule has 1 fully saturated rings. The summed E-state index contributed by atoms with van der Waals surface area (Å²) in [5, 5.41) is 2.45. The molecule has 1 aliphatic carbocycles. The molecule has 0 aromatic carbocycles. The molecular formula is C11H13BrClNOS. The maximum atomic E-state index is 11.9. The van der Waals surface area contributed by atoms with Gasteiger partial charge < -0.3 is 5.32 Å². The lowest BCUT2D eigenvalue weighted by Gasteiger charge is -2.14. The number of carbonyl (C=O) groups excluding carboxylic acids is 1. The summed E-state index contributed by atoms with van der Waals surface area (Å²) in [6, 6.07) is 4.14. The van der Waals surface area contributed by atoms with Crippen LogP contribution in [0.15, 0.2) is 15.9 Å². The molecule has 1 N–H and O–H groups in total. The molecule has 1 atom stereocenters. The first-order valence-corrected chi connectivity index (χ1v) is 7.41. The molecule has 5 heteroatoms. The molecule has 0 spiro atoms. The molecule has 0 radical (unpaired) electrons. The van der Waals surface area contributed by atoms with E-state index in [-0.39, 0.29) is 5.91 Å². The molecule has 1 heterocycles. The van der Waals surface area contributed by atoms with Crippen molar-refractivity contribution in [2.45, 2.75) is 37.1 Å². The van der Waals surface area contributed by atoms with Gasteiger partial charge in [0.25, 0.3) is 0 Å². The number of nitrogens with one attached hydrogen (secondary N) is 1. The molecule has 16 heavy (non-hydrogen) atoms. The highest BCUT2D eigenvalue weighted by molar-refractivity contribution is 9.11. The van der Waals surface area contributed by atoms with Crippen LogP contribution in [0, 0.1) is 0 Å². The van der Waals surface area contributed by atoms with Gasteiger partial charge >= 0.3 is 0 Å². The van der Waals surface area contributed by atoms with E-state index in [4.69, 9.17) is 11.6 Å². The second-order valence-electron chi connectivity index (χ2n) is 3.99. The van der Waals surface area contributed by atoms with E-state index in [1.807, 2.05) is 12.1 Å². The average Bonchev–Trinajstić information content (AvgIpc) is 2.88. The average molecular weight is 323 g/mol.